The minimum absolute atomic E-state index is 0.0259. The second-order valence-electron chi connectivity index (χ2n) is 5.53. The van der Waals surface area contributed by atoms with Crippen molar-refractivity contribution in [3.63, 3.8) is 0 Å². The minimum atomic E-state index is -0.0259. The molecule has 0 amide bonds. The maximum atomic E-state index is 6.08. The summed E-state index contributed by atoms with van der Waals surface area (Å²) in [5.74, 6) is 0.616. The molecule has 1 atom stereocenters. The Morgan fingerprint density at radius 2 is 1.95 bits per heavy atom. The fraction of sp³-hybridized carbons (Fsp3) is 0.667. The van der Waals surface area contributed by atoms with Gasteiger partial charge < -0.3 is 11.1 Å². The van der Waals surface area contributed by atoms with E-state index in [4.69, 9.17) is 5.73 Å². The average Bonchev–Trinajstić information content (AvgIpc) is 2.35. The van der Waals surface area contributed by atoms with Crippen molar-refractivity contribution < 1.29 is 0 Å². The summed E-state index contributed by atoms with van der Waals surface area (Å²) in [7, 11) is 1.98. The number of nitrogens with zero attached hydrogens (tertiary/aromatic N) is 2. The first-order chi connectivity index (χ1) is 8.88. The van der Waals surface area contributed by atoms with E-state index < -0.39 is 0 Å². The Labute approximate surface area is 117 Å². The summed E-state index contributed by atoms with van der Waals surface area (Å²) >= 11 is 0. The van der Waals surface area contributed by atoms with Crippen molar-refractivity contribution in [2.45, 2.75) is 46.2 Å². The van der Waals surface area contributed by atoms with Gasteiger partial charge in [0.2, 0.25) is 0 Å². The third kappa shape index (κ3) is 3.25. The van der Waals surface area contributed by atoms with Crippen LogP contribution in [0.2, 0.25) is 0 Å². The van der Waals surface area contributed by atoms with E-state index in [2.05, 4.69) is 49.0 Å². The van der Waals surface area contributed by atoms with E-state index in [0.29, 0.717) is 5.82 Å². The molecule has 0 aromatic carbocycles. The van der Waals surface area contributed by atoms with Gasteiger partial charge in [-0.15, -0.1) is 0 Å². The molecule has 0 radical (unpaired) electrons. The monoisotopic (exact) mass is 264 g/mol. The van der Waals surface area contributed by atoms with E-state index >= 15 is 0 Å². The normalized spacial score (nSPS) is 13.8. The van der Waals surface area contributed by atoms with Crippen molar-refractivity contribution in [1.29, 1.82) is 0 Å². The molecule has 4 nitrogen and oxygen atoms in total. The molecular formula is C15H28N4. The number of nitrogens with one attached hydrogen (secondary N) is 1. The molecule has 108 valence electrons. The highest BCUT2D eigenvalue weighted by molar-refractivity contribution is 5.44. The molecule has 0 bridgehead atoms. The zero-order chi connectivity index (χ0) is 14.6. The lowest BCUT2D eigenvalue weighted by Crippen LogP contribution is -2.52. The van der Waals surface area contributed by atoms with Crippen LogP contribution in [0.15, 0.2) is 12.3 Å². The van der Waals surface area contributed by atoms with Crippen molar-refractivity contribution in [1.82, 2.24) is 15.2 Å². The van der Waals surface area contributed by atoms with Gasteiger partial charge in [-0.2, -0.15) is 0 Å². The van der Waals surface area contributed by atoms with Crippen molar-refractivity contribution in [2.24, 2.45) is 0 Å². The number of hydrogen-bond acceptors (Lipinski definition) is 4. The summed E-state index contributed by atoms with van der Waals surface area (Å²) in [5, 5.41) is 3.41. The summed E-state index contributed by atoms with van der Waals surface area (Å²) < 4.78 is 0. The van der Waals surface area contributed by atoms with Gasteiger partial charge in [0.05, 0.1) is 6.04 Å². The molecule has 0 spiro atoms. The number of rotatable bonds is 6. The van der Waals surface area contributed by atoms with Crippen LogP contribution in [0.1, 0.15) is 44.9 Å². The summed E-state index contributed by atoms with van der Waals surface area (Å²) in [6.45, 7) is 13.0. The molecule has 0 aliphatic heterocycles. The van der Waals surface area contributed by atoms with E-state index in [1.54, 1.807) is 0 Å². The fourth-order valence-electron chi connectivity index (χ4n) is 2.94. The second-order valence-corrected chi connectivity index (χ2v) is 5.53. The third-order valence-corrected chi connectivity index (χ3v) is 3.97. The largest absolute Gasteiger partial charge is 0.383 e. The van der Waals surface area contributed by atoms with E-state index in [-0.39, 0.29) is 11.6 Å². The molecule has 1 heterocycles. The Bertz CT molecular complexity index is 411. The van der Waals surface area contributed by atoms with Crippen LogP contribution < -0.4 is 11.1 Å². The summed E-state index contributed by atoms with van der Waals surface area (Å²) in [6, 6.07) is 2.29. The van der Waals surface area contributed by atoms with Gasteiger partial charge in [-0.05, 0) is 52.5 Å². The highest BCUT2D eigenvalue weighted by Gasteiger charge is 2.35. The first kappa shape index (κ1) is 15.9. The van der Waals surface area contributed by atoms with Gasteiger partial charge in [-0.3, -0.25) is 4.90 Å². The zero-order valence-electron chi connectivity index (χ0n) is 13.1. The van der Waals surface area contributed by atoms with Gasteiger partial charge in [-0.25, -0.2) is 4.98 Å². The molecule has 3 N–H and O–H groups in total. The third-order valence-electron chi connectivity index (χ3n) is 3.97. The fourth-order valence-corrected chi connectivity index (χ4v) is 2.94. The van der Waals surface area contributed by atoms with Crippen LogP contribution in [0.5, 0.6) is 0 Å². The van der Waals surface area contributed by atoms with Gasteiger partial charge in [-0.1, -0.05) is 13.8 Å². The molecule has 0 fully saturated rings. The van der Waals surface area contributed by atoms with E-state index in [1.165, 1.54) is 0 Å². The highest BCUT2D eigenvalue weighted by atomic mass is 15.2. The molecule has 1 unspecified atom stereocenters. The average molecular weight is 264 g/mol. The van der Waals surface area contributed by atoms with Crippen molar-refractivity contribution in [3.05, 3.63) is 23.4 Å². The summed E-state index contributed by atoms with van der Waals surface area (Å²) in [5.41, 5.74) is 8.27. The number of anilines is 1. The molecule has 0 aliphatic rings. The molecule has 1 aromatic heterocycles. The number of nitrogen functional groups attached to an aromatic ring is 1. The van der Waals surface area contributed by atoms with Gasteiger partial charge in [0.25, 0.3) is 0 Å². The first-order valence-corrected chi connectivity index (χ1v) is 7.02. The smallest absolute Gasteiger partial charge is 0.128 e. The molecule has 1 aromatic rings. The molecule has 0 aliphatic carbocycles. The summed E-state index contributed by atoms with van der Waals surface area (Å²) in [6.07, 6.45) is 1.82. The minimum Gasteiger partial charge on any atom is -0.383 e. The number of aromatic nitrogens is 1. The number of likely N-dealkylation sites (N-methyl/N-ethyl adjacent to an activating group) is 2. The molecule has 0 saturated carbocycles. The zero-order valence-corrected chi connectivity index (χ0v) is 13.1. The van der Waals surface area contributed by atoms with Crippen LogP contribution in [0.4, 0.5) is 5.82 Å². The van der Waals surface area contributed by atoms with Crippen molar-refractivity contribution in [2.75, 3.05) is 25.9 Å². The standard InChI is InChI=1S/C15H28N4/c1-7-19(8-2)15(4,5)13(17-6)12-9-11(3)10-18-14(12)16/h9-10,13,17H,7-8H2,1-6H3,(H2,16,18). The SMILES string of the molecule is CCN(CC)C(C)(C)C(NC)c1cc(C)cnc1N. The van der Waals surface area contributed by atoms with Gasteiger partial charge in [0, 0.05) is 17.3 Å². The Balaban J connectivity index is 3.22. The highest BCUT2D eigenvalue weighted by Crippen LogP contribution is 2.33. The molecule has 19 heavy (non-hydrogen) atoms. The van der Waals surface area contributed by atoms with Gasteiger partial charge >= 0.3 is 0 Å². The Hall–Kier alpha value is -1.13. The molecular weight excluding hydrogens is 236 g/mol. The maximum absolute atomic E-state index is 6.08. The topological polar surface area (TPSA) is 54.2 Å². The van der Waals surface area contributed by atoms with E-state index in [0.717, 1.165) is 24.2 Å². The number of aryl methyl sites for hydroxylation is 1. The number of nitrogens with two attached hydrogens (primary N) is 1. The Morgan fingerprint density at radius 1 is 1.37 bits per heavy atom. The van der Waals surface area contributed by atoms with Gasteiger partial charge in [0.15, 0.2) is 0 Å². The van der Waals surface area contributed by atoms with E-state index in [1.807, 2.05) is 20.2 Å². The van der Waals surface area contributed by atoms with Gasteiger partial charge in [0.1, 0.15) is 5.82 Å². The lowest BCUT2D eigenvalue weighted by Gasteiger charge is -2.43. The predicted molar refractivity (Wildman–Crippen MR) is 82.2 cm³/mol. The predicted octanol–water partition coefficient (Wildman–Crippen LogP) is 2.35. The first-order valence-electron chi connectivity index (χ1n) is 7.02. The van der Waals surface area contributed by atoms with Crippen LogP contribution in [0.3, 0.4) is 0 Å². The maximum Gasteiger partial charge on any atom is 0.128 e. The number of pyridine rings is 1. The number of hydrogen-bond donors (Lipinski definition) is 2. The van der Waals surface area contributed by atoms with Crippen molar-refractivity contribution in [3.8, 4) is 0 Å². The Kier molecular flexibility index (Phi) is 5.32. The second kappa shape index (κ2) is 6.35. The molecule has 1 rings (SSSR count). The van der Waals surface area contributed by atoms with Crippen LogP contribution in [0.25, 0.3) is 0 Å². The lowest BCUT2D eigenvalue weighted by molar-refractivity contribution is 0.0946. The Morgan fingerprint density at radius 3 is 2.42 bits per heavy atom. The molecule has 0 saturated heterocycles. The van der Waals surface area contributed by atoms with Crippen LogP contribution in [0, 0.1) is 6.92 Å². The quantitative estimate of drug-likeness (QED) is 0.828. The van der Waals surface area contributed by atoms with Crippen LogP contribution in [-0.4, -0.2) is 35.6 Å². The lowest BCUT2D eigenvalue weighted by atomic mass is 9.86. The van der Waals surface area contributed by atoms with Crippen LogP contribution >= 0.6 is 0 Å². The summed E-state index contributed by atoms with van der Waals surface area (Å²) in [4.78, 5) is 6.73. The van der Waals surface area contributed by atoms with E-state index in [9.17, 15) is 0 Å². The molecule has 4 heteroatoms. The van der Waals surface area contributed by atoms with Crippen LogP contribution in [-0.2, 0) is 0 Å². The van der Waals surface area contributed by atoms with Crippen molar-refractivity contribution >= 4 is 5.82 Å².